The van der Waals surface area contributed by atoms with Crippen LogP contribution in [0.5, 0.6) is 0 Å². The van der Waals surface area contributed by atoms with Crippen LogP contribution in [0.4, 0.5) is 0 Å². The molecule has 1 aliphatic heterocycles. The molecule has 1 unspecified atom stereocenters. The van der Waals surface area contributed by atoms with Crippen LogP contribution in [0.2, 0.25) is 0 Å². The molecule has 0 spiro atoms. The fourth-order valence-corrected chi connectivity index (χ4v) is 3.18. The first kappa shape index (κ1) is 20.7. The normalized spacial score (nSPS) is 17.4. The molecule has 0 radical (unpaired) electrons. The third kappa shape index (κ3) is 7.51. The maximum atomic E-state index is 12.5. The Bertz CT molecular complexity index is 278. The van der Waals surface area contributed by atoms with E-state index in [9.17, 15) is 4.79 Å². The van der Waals surface area contributed by atoms with Gasteiger partial charge in [-0.05, 0) is 58.0 Å². The Hall–Kier alpha value is -0.280. The standard InChI is InChI=1S/C17H34N2O.ClH/c1-5-6-7-12-19(14(2)3)17(20)13-15(4)16-8-10-18-11-9-16;/h14-16,18H,5-13H2,1-4H3;1H. The number of amides is 1. The number of carbonyl (C=O) groups is 1. The molecule has 0 aromatic carbocycles. The van der Waals surface area contributed by atoms with Crippen molar-refractivity contribution in [2.75, 3.05) is 19.6 Å². The zero-order chi connectivity index (χ0) is 15.0. The molecule has 1 heterocycles. The average molecular weight is 319 g/mol. The SMILES string of the molecule is CCCCCN(C(=O)CC(C)C1CCNCC1)C(C)C.Cl. The lowest BCUT2D eigenvalue weighted by Gasteiger charge is -2.32. The van der Waals surface area contributed by atoms with Gasteiger partial charge in [0.25, 0.3) is 0 Å². The number of nitrogens with zero attached hydrogens (tertiary/aromatic N) is 1. The summed E-state index contributed by atoms with van der Waals surface area (Å²) in [5.41, 5.74) is 0. The molecule has 1 saturated heterocycles. The summed E-state index contributed by atoms with van der Waals surface area (Å²) in [6.07, 6.45) is 6.76. The van der Waals surface area contributed by atoms with Gasteiger partial charge in [-0.2, -0.15) is 0 Å². The van der Waals surface area contributed by atoms with Gasteiger partial charge in [0.2, 0.25) is 5.91 Å². The van der Waals surface area contributed by atoms with Crippen LogP contribution < -0.4 is 5.32 Å². The highest BCUT2D eigenvalue weighted by Crippen LogP contribution is 2.25. The number of hydrogen-bond acceptors (Lipinski definition) is 2. The Morgan fingerprint density at radius 3 is 2.33 bits per heavy atom. The van der Waals surface area contributed by atoms with Gasteiger partial charge >= 0.3 is 0 Å². The first-order chi connectivity index (χ1) is 9.56. The lowest BCUT2D eigenvalue weighted by atomic mass is 9.84. The highest BCUT2D eigenvalue weighted by molar-refractivity contribution is 5.85. The monoisotopic (exact) mass is 318 g/mol. The van der Waals surface area contributed by atoms with Crippen molar-refractivity contribution in [2.24, 2.45) is 11.8 Å². The second-order valence-electron chi connectivity index (χ2n) is 6.66. The van der Waals surface area contributed by atoms with E-state index in [1.165, 1.54) is 25.7 Å². The van der Waals surface area contributed by atoms with E-state index in [4.69, 9.17) is 0 Å². The van der Waals surface area contributed by atoms with E-state index in [0.717, 1.165) is 38.4 Å². The van der Waals surface area contributed by atoms with Gasteiger partial charge in [-0.3, -0.25) is 4.79 Å². The van der Waals surface area contributed by atoms with E-state index in [1.54, 1.807) is 0 Å². The number of halogens is 1. The Balaban J connectivity index is 0.00000400. The maximum absolute atomic E-state index is 12.5. The molecule has 1 rings (SSSR count). The molecule has 126 valence electrons. The van der Waals surface area contributed by atoms with E-state index in [2.05, 4.69) is 37.9 Å². The van der Waals surface area contributed by atoms with E-state index < -0.39 is 0 Å². The fraction of sp³-hybridized carbons (Fsp3) is 0.941. The van der Waals surface area contributed by atoms with Crippen molar-refractivity contribution in [3.63, 3.8) is 0 Å². The van der Waals surface area contributed by atoms with Gasteiger partial charge in [-0.15, -0.1) is 12.4 Å². The van der Waals surface area contributed by atoms with Crippen LogP contribution in [0.1, 0.15) is 66.2 Å². The molecule has 1 aliphatic rings. The molecule has 0 saturated carbocycles. The number of hydrogen-bond donors (Lipinski definition) is 1. The van der Waals surface area contributed by atoms with E-state index in [0.29, 0.717) is 17.9 Å². The predicted molar refractivity (Wildman–Crippen MR) is 93.0 cm³/mol. The second kappa shape index (κ2) is 11.3. The smallest absolute Gasteiger partial charge is 0.223 e. The fourth-order valence-electron chi connectivity index (χ4n) is 3.18. The summed E-state index contributed by atoms with van der Waals surface area (Å²) in [4.78, 5) is 14.6. The Morgan fingerprint density at radius 1 is 1.19 bits per heavy atom. The summed E-state index contributed by atoms with van der Waals surface area (Å²) in [5, 5.41) is 3.40. The number of rotatable bonds is 8. The molecule has 0 bridgehead atoms. The summed E-state index contributed by atoms with van der Waals surface area (Å²) in [5.74, 6) is 1.61. The van der Waals surface area contributed by atoms with Crippen molar-refractivity contribution in [2.45, 2.75) is 72.3 Å². The summed E-state index contributed by atoms with van der Waals surface area (Å²) in [6.45, 7) is 11.9. The molecule has 0 aromatic heterocycles. The van der Waals surface area contributed by atoms with Crippen LogP contribution in [0.3, 0.4) is 0 Å². The van der Waals surface area contributed by atoms with Crippen LogP contribution in [-0.2, 0) is 4.79 Å². The summed E-state index contributed by atoms with van der Waals surface area (Å²) in [7, 11) is 0. The third-order valence-corrected chi connectivity index (χ3v) is 4.63. The maximum Gasteiger partial charge on any atom is 0.223 e. The third-order valence-electron chi connectivity index (χ3n) is 4.63. The van der Waals surface area contributed by atoms with Crippen molar-refractivity contribution < 1.29 is 4.79 Å². The van der Waals surface area contributed by atoms with Crippen molar-refractivity contribution in [3.05, 3.63) is 0 Å². The molecule has 1 atom stereocenters. The topological polar surface area (TPSA) is 32.3 Å². The Kier molecular flexibility index (Phi) is 11.2. The molecule has 4 heteroatoms. The van der Waals surface area contributed by atoms with Crippen LogP contribution in [-0.4, -0.2) is 36.5 Å². The van der Waals surface area contributed by atoms with Crippen LogP contribution >= 0.6 is 12.4 Å². The molecule has 0 aromatic rings. The largest absolute Gasteiger partial charge is 0.340 e. The van der Waals surface area contributed by atoms with E-state index >= 15 is 0 Å². The molecule has 3 nitrogen and oxygen atoms in total. The highest BCUT2D eigenvalue weighted by Gasteiger charge is 2.25. The number of carbonyl (C=O) groups excluding carboxylic acids is 1. The molecule has 1 amide bonds. The van der Waals surface area contributed by atoms with Crippen molar-refractivity contribution in [1.29, 1.82) is 0 Å². The molecule has 1 N–H and O–H groups in total. The van der Waals surface area contributed by atoms with E-state index in [-0.39, 0.29) is 12.4 Å². The molecule has 0 aliphatic carbocycles. The average Bonchev–Trinajstić information content (AvgIpc) is 2.44. The van der Waals surface area contributed by atoms with Crippen molar-refractivity contribution >= 4 is 18.3 Å². The number of unbranched alkanes of at least 4 members (excludes halogenated alkanes) is 2. The van der Waals surface area contributed by atoms with Crippen molar-refractivity contribution in [3.8, 4) is 0 Å². The predicted octanol–water partition coefficient (Wildman–Crippen LogP) is 3.86. The lowest BCUT2D eigenvalue weighted by molar-refractivity contribution is -0.134. The zero-order valence-electron chi connectivity index (χ0n) is 14.4. The zero-order valence-corrected chi connectivity index (χ0v) is 15.2. The van der Waals surface area contributed by atoms with Crippen LogP contribution in [0.15, 0.2) is 0 Å². The molecule has 1 fully saturated rings. The first-order valence-electron chi connectivity index (χ1n) is 8.56. The quantitative estimate of drug-likeness (QED) is 0.689. The van der Waals surface area contributed by atoms with Gasteiger partial charge in [0.15, 0.2) is 0 Å². The number of piperidine rings is 1. The minimum absolute atomic E-state index is 0. The van der Waals surface area contributed by atoms with Gasteiger partial charge in [0.1, 0.15) is 0 Å². The molecule has 21 heavy (non-hydrogen) atoms. The second-order valence-corrected chi connectivity index (χ2v) is 6.66. The Morgan fingerprint density at radius 2 is 1.81 bits per heavy atom. The van der Waals surface area contributed by atoms with Gasteiger partial charge in [0, 0.05) is 19.0 Å². The minimum atomic E-state index is 0. The molecular formula is C17H35ClN2O. The number of nitrogens with one attached hydrogen (secondary N) is 1. The first-order valence-corrected chi connectivity index (χ1v) is 8.56. The van der Waals surface area contributed by atoms with Crippen LogP contribution in [0, 0.1) is 11.8 Å². The summed E-state index contributed by atoms with van der Waals surface area (Å²) >= 11 is 0. The van der Waals surface area contributed by atoms with Crippen LogP contribution in [0.25, 0.3) is 0 Å². The Labute approximate surface area is 137 Å². The van der Waals surface area contributed by atoms with Crippen molar-refractivity contribution in [1.82, 2.24) is 10.2 Å². The minimum Gasteiger partial charge on any atom is -0.340 e. The summed E-state index contributed by atoms with van der Waals surface area (Å²) < 4.78 is 0. The molecular weight excluding hydrogens is 284 g/mol. The van der Waals surface area contributed by atoms with E-state index in [1.807, 2.05) is 0 Å². The van der Waals surface area contributed by atoms with Gasteiger partial charge in [0.05, 0.1) is 0 Å². The van der Waals surface area contributed by atoms with Gasteiger partial charge in [-0.1, -0.05) is 26.7 Å². The summed E-state index contributed by atoms with van der Waals surface area (Å²) in [6, 6.07) is 0.333. The van der Waals surface area contributed by atoms with Gasteiger partial charge < -0.3 is 10.2 Å². The highest BCUT2D eigenvalue weighted by atomic mass is 35.5. The van der Waals surface area contributed by atoms with Gasteiger partial charge in [-0.25, -0.2) is 0 Å². The lowest BCUT2D eigenvalue weighted by Crippen LogP contribution is -2.40.